The quantitative estimate of drug-likeness (QED) is 0.652. The van der Waals surface area contributed by atoms with Crippen LogP contribution in [0.25, 0.3) is 17.0 Å². The highest BCUT2D eigenvalue weighted by Crippen LogP contribution is 2.17. The fourth-order valence-corrected chi connectivity index (χ4v) is 2.81. The second kappa shape index (κ2) is 6.00. The molecule has 3 aromatic rings. The van der Waals surface area contributed by atoms with Crippen molar-refractivity contribution in [2.75, 3.05) is 13.1 Å². The minimum absolute atomic E-state index is 0.194. The molecule has 124 valence electrons. The minimum atomic E-state index is -1.11. The Morgan fingerprint density at radius 2 is 2.33 bits per heavy atom. The van der Waals surface area contributed by atoms with Gasteiger partial charge in [-0.2, -0.15) is 0 Å². The summed E-state index contributed by atoms with van der Waals surface area (Å²) in [5, 5.41) is 5.71. The number of carbonyl (C=O) groups excluding carboxylic acids is 1. The van der Waals surface area contributed by atoms with Crippen LogP contribution in [-0.4, -0.2) is 55.7 Å². The highest BCUT2D eigenvalue weighted by Gasteiger charge is 2.27. The smallest absolute Gasteiger partial charge is 0.272 e. The van der Waals surface area contributed by atoms with E-state index in [1.165, 1.54) is 0 Å². The maximum atomic E-state index is 14.0. The number of halogens is 1. The summed E-state index contributed by atoms with van der Waals surface area (Å²) in [6.45, 7) is 0.917. The number of aromatic amines is 1. The largest absolute Gasteiger partial charge is 0.358 e. The van der Waals surface area contributed by atoms with E-state index in [1.54, 1.807) is 35.6 Å². The number of hydrogen-bond donors (Lipinski definition) is 3. The summed E-state index contributed by atoms with van der Waals surface area (Å²) in [5.41, 5.74) is 1.33. The van der Waals surface area contributed by atoms with Gasteiger partial charge in [0.05, 0.1) is 17.1 Å². The van der Waals surface area contributed by atoms with Crippen molar-refractivity contribution in [2.24, 2.45) is 0 Å². The molecule has 4 heterocycles. The number of aromatic nitrogens is 5. The highest BCUT2D eigenvalue weighted by molar-refractivity contribution is 6.03. The number of nitrogens with zero attached hydrogens (tertiary/aromatic N) is 4. The predicted octanol–water partition coefficient (Wildman–Crippen LogP) is 0.573. The molecule has 2 atom stereocenters. The molecule has 0 spiro atoms. The van der Waals surface area contributed by atoms with E-state index >= 15 is 0 Å². The Morgan fingerprint density at radius 3 is 3.12 bits per heavy atom. The van der Waals surface area contributed by atoms with E-state index in [9.17, 15) is 9.18 Å². The van der Waals surface area contributed by atoms with Crippen LogP contribution >= 0.6 is 0 Å². The lowest BCUT2D eigenvalue weighted by molar-refractivity contribution is 0.0888. The molecule has 0 aromatic carbocycles. The maximum absolute atomic E-state index is 14.0. The average molecular weight is 329 g/mol. The minimum Gasteiger partial charge on any atom is -0.358 e. The Bertz CT molecular complexity index is 860. The molecule has 9 heteroatoms. The van der Waals surface area contributed by atoms with Gasteiger partial charge in [-0.25, -0.2) is 19.3 Å². The Kier molecular flexibility index (Phi) is 3.69. The summed E-state index contributed by atoms with van der Waals surface area (Å²) < 4.78 is 15.6. The summed E-state index contributed by atoms with van der Waals surface area (Å²) in [7, 11) is 0. The van der Waals surface area contributed by atoms with E-state index in [4.69, 9.17) is 0 Å². The fourth-order valence-electron chi connectivity index (χ4n) is 2.81. The molecule has 4 rings (SSSR count). The number of nitrogens with one attached hydrogen (secondary N) is 3. The monoisotopic (exact) mass is 329 g/mol. The topological polar surface area (TPSA) is 101 Å². The van der Waals surface area contributed by atoms with Gasteiger partial charge in [-0.1, -0.05) is 0 Å². The number of rotatable bonds is 3. The van der Waals surface area contributed by atoms with Gasteiger partial charge in [-0.05, 0) is 19.0 Å². The second-order valence-electron chi connectivity index (χ2n) is 5.67. The van der Waals surface area contributed by atoms with E-state index in [-0.39, 0.29) is 12.2 Å². The summed E-state index contributed by atoms with van der Waals surface area (Å²) in [4.78, 5) is 28.3. The van der Waals surface area contributed by atoms with Crippen LogP contribution in [0, 0.1) is 0 Å². The maximum Gasteiger partial charge on any atom is 0.272 e. The SMILES string of the molecule is O=C(N[C@@H]1CCNC[C@H]1F)c1nc(-n2ccnc2)nc2cc[nH]c12. The van der Waals surface area contributed by atoms with Crippen LogP contribution in [0.4, 0.5) is 4.39 Å². The van der Waals surface area contributed by atoms with Crippen LogP contribution in [0.15, 0.2) is 31.0 Å². The molecule has 1 amide bonds. The van der Waals surface area contributed by atoms with E-state index in [1.807, 2.05) is 0 Å². The van der Waals surface area contributed by atoms with E-state index < -0.39 is 18.1 Å². The zero-order valence-corrected chi connectivity index (χ0v) is 12.7. The molecular weight excluding hydrogens is 313 g/mol. The van der Waals surface area contributed by atoms with Crippen LogP contribution in [0.1, 0.15) is 16.9 Å². The Balaban J connectivity index is 1.69. The van der Waals surface area contributed by atoms with Gasteiger partial charge in [0.2, 0.25) is 5.95 Å². The van der Waals surface area contributed by atoms with Crippen molar-refractivity contribution in [3.8, 4) is 5.95 Å². The molecule has 8 nitrogen and oxygen atoms in total. The lowest BCUT2D eigenvalue weighted by atomic mass is 10.0. The van der Waals surface area contributed by atoms with Gasteiger partial charge in [0.15, 0.2) is 5.69 Å². The Hall–Kier alpha value is -2.81. The van der Waals surface area contributed by atoms with Crippen molar-refractivity contribution in [3.05, 3.63) is 36.7 Å². The van der Waals surface area contributed by atoms with Crippen LogP contribution in [0.3, 0.4) is 0 Å². The van der Waals surface area contributed by atoms with Gasteiger partial charge in [0.25, 0.3) is 5.91 Å². The first-order valence-electron chi connectivity index (χ1n) is 7.71. The van der Waals surface area contributed by atoms with Gasteiger partial charge in [-0.15, -0.1) is 0 Å². The molecule has 1 fully saturated rings. The highest BCUT2D eigenvalue weighted by atomic mass is 19.1. The molecule has 0 unspecified atom stereocenters. The van der Waals surface area contributed by atoms with Crippen molar-refractivity contribution in [1.29, 1.82) is 0 Å². The Labute approximate surface area is 136 Å². The molecular formula is C15H16FN7O. The standard InChI is InChI=1S/C15H16FN7O/c16-9-7-17-3-1-10(9)20-14(24)13-12-11(2-4-19-12)21-15(22-13)23-6-5-18-8-23/h2,4-6,8-10,17,19H,1,3,7H2,(H,20,24)/t9-,10-/m1/s1. The lowest BCUT2D eigenvalue weighted by Gasteiger charge is -2.27. The molecule has 0 radical (unpaired) electrons. The van der Waals surface area contributed by atoms with Gasteiger partial charge < -0.3 is 15.6 Å². The first-order chi connectivity index (χ1) is 11.7. The number of fused-ring (bicyclic) bond motifs is 1. The van der Waals surface area contributed by atoms with Gasteiger partial charge in [-0.3, -0.25) is 9.36 Å². The number of imidazole rings is 1. The van der Waals surface area contributed by atoms with Crippen LogP contribution in [0.5, 0.6) is 0 Å². The molecule has 0 aliphatic carbocycles. The third kappa shape index (κ3) is 2.62. The Morgan fingerprint density at radius 1 is 1.42 bits per heavy atom. The van der Waals surface area contributed by atoms with E-state index in [0.717, 1.165) is 0 Å². The fraction of sp³-hybridized carbons (Fsp3) is 0.333. The predicted molar refractivity (Wildman–Crippen MR) is 84.6 cm³/mol. The van der Waals surface area contributed by atoms with E-state index in [0.29, 0.717) is 29.9 Å². The van der Waals surface area contributed by atoms with Crippen molar-refractivity contribution >= 4 is 16.9 Å². The normalized spacial score (nSPS) is 21.0. The molecule has 1 aliphatic heterocycles. The first kappa shape index (κ1) is 14.8. The summed E-state index contributed by atoms with van der Waals surface area (Å²) in [6.07, 6.45) is 5.97. The molecule has 0 bridgehead atoms. The molecule has 3 aromatic heterocycles. The summed E-state index contributed by atoms with van der Waals surface area (Å²) in [6, 6.07) is 1.24. The molecule has 0 saturated carbocycles. The third-order valence-electron chi connectivity index (χ3n) is 4.07. The van der Waals surface area contributed by atoms with Gasteiger partial charge in [0.1, 0.15) is 12.5 Å². The first-order valence-corrected chi connectivity index (χ1v) is 7.71. The number of amides is 1. The number of piperidine rings is 1. The molecule has 24 heavy (non-hydrogen) atoms. The summed E-state index contributed by atoms with van der Waals surface area (Å²) >= 11 is 0. The lowest BCUT2D eigenvalue weighted by Crippen LogP contribution is -2.51. The molecule has 3 N–H and O–H groups in total. The van der Waals surface area contributed by atoms with Crippen LogP contribution in [-0.2, 0) is 0 Å². The van der Waals surface area contributed by atoms with Crippen LogP contribution < -0.4 is 10.6 Å². The molecule has 1 aliphatic rings. The van der Waals surface area contributed by atoms with Crippen molar-refractivity contribution in [2.45, 2.75) is 18.6 Å². The van der Waals surface area contributed by atoms with Crippen molar-refractivity contribution in [1.82, 2.24) is 35.1 Å². The number of carbonyl (C=O) groups is 1. The number of alkyl halides is 1. The third-order valence-corrected chi connectivity index (χ3v) is 4.07. The van der Waals surface area contributed by atoms with Crippen LogP contribution in [0.2, 0.25) is 0 Å². The number of H-pyrrole nitrogens is 1. The van der Waals surface area contributed by atoms with Crippen molar-refractivity contribution in [3.63, 3.8) is 0 Å². The summed E-state index contributed by atoms with van der Waals surface area (Å²) in [5.74, 6) is -0.0763. The van der Waals surface area contributed by atoms with Crippen molar-refractivity contribution < 1.29 is 9.18 Å². The van der Waals surface area contributed by atoms with E-state index in [2.05, 4.69) is 30.6 Å². The average Bonchev–Trinajstić information content (AvgIpc) is 3.27. The van der Waals surface area contributed by atoms with Gasteiger partial charge in [0, 0.05) is 25.1 Å². The number of hydrogen-bond acceptors (Lipinski definition) is 5. The second-order valence-corrected chi connectivity index (χ2v) is 5.67. The van der Waals surface area contributed by atoms with Gasteiger partial charge >= 0.3 is 0 Å². The zero-order chi connectivity index (χ0) is 16.5. The zero-order valence-electron chi connectivity index (χ0n) is 12.7. The molecule has 1 saturated heterocycles.